The summed E-state index contributed by atoms with van der Waals surface area (Å²) in [6, 6.07) is 12.4. The molecule has 1 aromatic heterocycles. The average Bonchev–Trinajstić information content (AvgIpc) is 3.40. The first-order chi connectivity index (χ1) is 14.4. The minimum atomic E-state index is -3.57. The van der Waals surface area contributed by atoms with E-state index in [1.807, 2.05) is 0 Å². The zero-order chi connectivity index (χ0) is 21.1. The van der Waals surface area contributed by atoms with E-state index in [1.165, 1.54) is 40.5 Å². The van der Waals surface area contributed by atoms with E-state index in [9.17, 15) is 17.6 Å². The number of amides is 1. The van der Waals surface area contributed by atoms with Gasteiger partial charge in [0.2, 0.25) is 5.91 Å². The Morgan fingerprint density at radius 1 is 1.23 bits per heavy atom. The van der Waals surface area contributed by atoms with Crippen LogP contribution in [-0.2, 0) is 19.4 Å². The van der Waals surface area contributed by atoms with Crippen LogP contribution in [0.3, 0.4) is 0 Å². The molecule has 0 aliphatic carbocycles. The molecule has 30 heavy (non-hydrogen) atoms. The summed E-state index contributed by atoms with van der Waals surface area (Å²) in [4.78, 5) is 19.2. The fourth-order valence-electron chi connectivity index (χ4n) is 3.38. The lowest BCUT2D eigenvalue weighted by molar-refractivity contribution is -0.118. The summed E-state index contributed by atoms with van der Waals surface area (Å²) >= 11 is 1.21. The van der Waals surface area contributed by atoms with Crippen molar-refractivity contribution in [3.05, 3.63) is 54.3 Å². The van der Waals surface area contributed by atoms with Gasteiger partial charge in [-0.3, -0.25) is 9.69 Å². The molecule has 1 unspecified atom stereocenters. The Labute approximate surface area is 178 Å². The van der Waals surface area contributed by atoms with Crippen molar-refractivity contribution in [3.63, 3.8) is 0 Å². The third-order valence-corrected chi connectivity index (χ3v) is 7.74. The lowest BCUT2D eigenvalue weighted by atomic mass is 10.2. The molecule has 9 heteroatoms. The maximum absolute atomic E-state index is 13.6. The molecule has 4 rings (SSSR count). The summed E-state index contributed by atoms with van der Waals surface area (Å²) in [5, 5.41) is 0.424. The van der Waals surface area contributed by atoms with Crippen LogP contribution in [0.1, 0.15) is 19.3 Å². The number of rotatable bonds is 7. The maximum atomic E-state index is 13.6. The molecule has 0 saturated carbocycles. The Morgan fingerprint density at radius 2 is 2.03 bits per heavy atom. The molecule has 1 atom stereocenters. The topological polar surface area (TPSA) is 76.6 Å². The van der Waals surface area contributed by atoms with E-state index in [1.54, 1.807) is 24.3 Å². The summed E-state index contributed by atoms with van der Waals surface area (Å²) in [6.07, 6.45) is 1.45. The van der Waals surface area contributed by atoms with Gasteiger partial charge >= 0.3 is 0 Å². The Balaban J connectivity index is 1.56. The number of thiazole rings is 1. The number of anilines is 1. The van der Waals surface area contributed by atoms with Gasteiger partial charge in [-0.05, 0) is 43.2 Å². The first kappa shape index (κ1) is 20.9. The third kappa shape index (κ3) is 4.69. The van der Waals surface area contributed by atoms with Crippen LogP contribution in [-0.4, -0.2) is 44.3 Å². The smallest absolute Gasteiger partial charge is 0.229 e. The third-order valence-electron chi connectivity index (χ3n) is 4.97. The van der Waals surface area contributed by atoms with E-state index in [4.69, 9.17) is 4.74 Å². The summed E-state index contributed by atoms with van der Waals surface area (Å²) in [7, 11) is -3.57. The van der Waals surface area contributed by atoms with E-state index in [2.05, 4.69) is 4.98 Å². The van der Waals surface area contributed by atoms with Gasteiger partial charge in [-0.1, -0.05) is 29.5 Å². The summed E-state index contributed by atoms with van der Waals surface area (Å²) in [5.41, 5.74) is 0.596. The molecule has 0 radical (unpaired) electrons. The molecule has 1 saturated heterocycles. The Bertz CT molecular complexity index is 1140. The van der Waals surface area contributed by atoms with Crippen molar-refractivity contribution < 1.29 is 22.3 Å². The number of hydrogen-bond acceptors (Lipinski definition) is 6. The summed E-state index contributed by atoms with van der Waals surface area (Å²) in [6.45, 7) is 0.937. The molecule has 1 fully saturated rings. The molecule has 158 valence electrons. The fraction of sp³-hybridized carbons (Fsp3) is 0.333. The molecule has 1 aliphatic rings. The zero-order valence-electron chi connectivity index (χ0n) is 16.2. The van der Waals surface area contributed by atoms with Crippen molar-refractivity contribution in [1.29, 1.82) is 0 Å². The van der Waals surface area contributed by atoms with Gasteiger partial charge in [-0.25, -0.2) is 17.8 Å². The summed E-state index contributed by atoms with van der Waals surface area (Å²) in [5.74, 6) is -1.01. The molecule has 2 aromatic carbocycles. The minimum absolute atomic E-state index is 0.122. The molecular formula is C21H21FN2O4S2. The predicted octanol–water partition coefficient (Wildman–Crippen LogP) is 3.81. The van der Waals surface area contributed by atoms with Crippen LogP contribution in [0.25, 0.3) is 10.2 Å². The fourth-order valence-corrected chi connectivity index (χ4v) is 5.65. The van der Waals surface area contributed by atoms with E-state index >= 15 is 0 Å². The largest absolute Gasteiger partial charge is 0.376 e. The maximum Gasteiger partial charge on any atom is 0.229 e. The molecule has 3 aromatic rings. The minimum Gasteiger partial charge on any atom is -0.376 e. The van der Waals surface area contributed by atoms with Crippen LogP contribution in [0.4, 0.5) is 9.52 Å². The molecule has 0 bridgehead atoms. The van der Waals surface area contributed by atoms with Crippen molar-refractivity contribution >= 4 is 42.4 Å². The molecule has 0 spiro atoms. The number of nitrogens with zero attached hydrogens (tertiary/aromatic N) is 2. The monoisotopic (exact) mass is 448 g/mol. The Hall–Kier alpha value is -2.36. The van der Waals surface area contributed by atoms with E-state index < -0.39 is 9.84 Å². The van der Waals surface area contributed by atoms with E-state index in [0.29, 0.717) is 28.5 Å². The highest BCUT2D eigenvalue weighted by Gasteiger charge is 2.27. The molecule has 6 nitrogen and oxygen atoms in total. The number of carbonyl (C=O) groups is 1. The number of ether oxygens (including phenoxy) is 1. The molecule has 2 heterocycles. The SMILES string of the molecule is O=C(CCS(=O)(=O)c1ccccc1)N(CC1CCCO1)c1nc2ccc(F)cc2s1. The van der Waals surface area contributed by atoms with Crippen LogP contribution in [0.5, 0.6) is 0 Å². The van der Waals surface area contributed by atoms with Crippen LogP contribution >= 0.6 is 11.3 Å². The second-order valence-electron chi connectivity index (χ2n) is 7.13. The molecule has 0 N–H and O–H groups in total. The number of fused-ring (bicyclic) bond motifs is 1. The summed E-state index contributed by atoms with van der Waals surface area (Å²) < 4.78 is 45.0. The van der Waals surface area contributed by atoms with Crippen LogP contribution in [0, 0.1) is 5.82 Å². The quantitative estimate of drug-likeness (QED) is 0.549. The van der Waals surface area contributed by atoms with E-state index in [0.717, 1.165) is 12.8 Å². The standard InChI is InChI=1S/C21H21FN2O4S2/c22-15-8-9-18-19(13-15)29-21(23-18)24(14-16-5-4-11-28-16)20(25)10-12-30(26,27)17-6-2-1-3-7-17/h1-3,6-9,13,16H,4-5,10-12,14H2. The van der Waals surface area contributed by atoms with E-state index in [-0.39, 0.29) is 34.9 Å². The van der Waals surface area contributed by atoms with Gasteiger partial charge in [-0.15, -0.1) is 0 Å². The number of carbonyl (C=O) groups excluding carboxylic acids is 1. The molecule has 1 amide bonds. The van der Waals surface area contributed by atoms with Gasteiger partial charge in [0.1, 0.15) is 5.82 Å². The van der Waals surface area contributed by atoms with Gasteiger partial charge in [0.05, 0.1) is 33.5 Å². The van der Waals surface area contributed by atoms with Crippen LogP contribution in [0.15, 0.2) is 53.4 Å². The highest BCUT2D eigenvalue weighted by molar-refractivity contribution is 7.91. The Morgan fingerprint density at radius 3 is 2.77 bits per heavy atom. The zero-order valence-corrected chi connectivity index (χ0v) is 17.8. The predicted molar refractivity (Wildman–Crippen MR) is 114 cm³/mol. The van der Waals surface area contributed by atoms with Crippen molar-refractivity contribution in [2.24, 2.45) is 0 Å². The number of aromatic nitrogens is 1. The number of hydrogen-bond donors (Lipinski definition) is 0. The Kier molecular flexibility index (Phi) is 6.12. The highest BCUT2D eigenvalue weighted by Crippen LogP contribution is 2.31. The first-order valence-electron chi connectivity index (χ1n) is 9.68. The second-order valence-corrected chi connectivity index (χ2v) is 10.2. The highest BCUT2D eigenvalue weighted by atomic mass is 32.2. The van der Waals surface area contributed by atoms with Gasteiger partial charge < -0.3 is 4.74 Å². The van der Waals surface area contributed by atoms with Crippen LogP contribution < -0.4 is 4.90 Å². The van der Waals surface area contributed by atoms with Gasteiger partial charge in [0, 0.05) is 13.0 Å². The number of benzene rings is 2. The number of sulfone groups is 1. The van der Waals surface area contributed by atoms with Gasteiger partial charge in [0.15, 0.2) is 15.0 Å². The van der Waals surface area contributed by atoms with Crippen molar-refractivity contribution in [2.75, 3.05) is 23.8 Å². The number of halogens is 1. The molecule has 1 aliphatic heterocycles. The van der Waals surface area contributed by atoms with Crippen molar-refractivity contribution in [2.45, 2.75) is 30.3 Å². The van der Waals surface area contributed by atoms with Crippen molar-refractivity contribution in [3.8, 4) is 0 Å². The normalized spacial score (nSPS) is 16.8. The molecular weight excluding hydrogens is 427 g/mol. The lowest BCUT2D eigenvalue weighted by Crippen LogP contribution is -2.38. The van der Waals surface area contributed by atoms with Crippen LogP contribution in [0.2, 0.25) is 0 Å². The van der Waals surface area contributed by atoms with Crippen molar-refractivity contribution in [1.82, 2.24) is 4.98 Å². The second kappa shape index (κ2) is 8.79. The van der Waals surface area contributed by atoms with Gasteiger partial charge in [-0.2, -0.15) is 0 Å². The van der Waals surface area contributed by atoms with Gasteiger partial charge in [0.25, 0.3) is 0 Å². The first-order valence-corrected chi connectivity index (χ1v) is 12.2. The lowest BCUT2D eigenvalue weighted by Gasteiger charge is -2.23. The average molecular weight is 449 g/mol.